The highest BCUT2D eigenvalue weighted by Crippen LogP contribution is 2.43. The average molecular weight is 368 g/mol. The highest BCUT2D eigenvalue weighted by atomic mass is 35.5. The molecule has 1 aromatic carbocycles. The van der Waals surface area contributed by atoms with E-state index in [0.29, 0.717) is 23.4 Å². The van der Waals surface area contributed by atoms with Gasteiger partial charge in [-0.25, -0.2) is 0 Å². The molecular weight excluding hydrogens is 346 g/mol. The summed E-state index contributed by atoms with van der Waals surface area (Å²) in [4.78, 5) is 37.2. The fraction of sp³-hybridized carbons (Fsp3) is 0.500. The summed E-state index contributed by atoms with van der Waals surface area (Å²) < 4.78 is 0. The zero-order valence-electron chi connectivity index (χ0n) is 14.1. The van der Waals surface area contributed by atoms with Gasteiger partial charge < -0.3 is 10.2 Å². The van der Waals surface area contributed by atoms with Gasteiger partial charge in [-0.15, -0.1) is 0 Å². The van der Waals surface area contributed by atoms with Crippen LogP contribution in [0, 0.1) is 0 Å². The van der Waals surface area contributed by atoms with Gasteiger partial charge in [-0.1, -0.05) is 36.2 Å². The second-order valence-electron chi connectivity index (χ2n) is 6.37. The van der Waals surface area contributed by atoms with E-state index in [9.17, 15) is 19.5 Å². The number of hydrogen-bond donors (Lipinski definition) is 2. The lowest BCUT2D eigenvalue weighted by atomic mass is 9.73. The van der Waals surface area contributed by atoms with Gasteiger partial charge in [0.25, 0.3) is 0 Å². The maximum absolute atomic E-state index is 13.0. The normalized spacial score (nSPS) is 22.0. The monoisotopic (exact) mass is 367 g/mol. The van der Waals surface area contributed by atoms with Gasteiger partial charge in [0.1, 0.15) is 11.6 Å². The Balaban J connectivity index is 2.51. The van der Waals surface area contributed by atoms with Crippen LogP contribution < -0.4 is 0 Å². The SMILES string of the molecule is CN([C@@H](CCC(=O)O)C(=O)O)[C@@]1(c2ccccc2Cl)CCCCC1=O. The van der Waals surface area contributed by atoms with Crippen molar-refractivity contribution in [2.24, 2.45) is 0 Å². The summed E-state index contributed by atoms with van der Waals surface area (Å²) in [5, 5.41) is 18.9. The van der Waals surface area contributed by atoms with Gasteiger partial charge >= 0.3 is 11.9 Å². The molecule has 2 atom stereocenters. The van der Waals surface area contributed by atoms with Crippen molar-refractivity contribution in [1.29, 1.82) is 0 Å². The van der Waals surface area contributed by atoms with Crippen LogP contribution in [0.3, 0.4) is 0 Å². The number of halogens is 1. The molecule has 1 aromatic rings. The quantitative estimate of drug-likeness (QED) is 0.769. The van der Waals surface area contributed by atoms with E-state index in [0.717, 1.165) is 12.8 Å². The maximum Gasteiger partial charge on any atom is 0.320 e. The smallest absolute Gasteiger partial charge is 0.320 e. The molecule has 1 aliphatic carbocycles. The van der Waals surface area contributed by atoms with Crippen molar-refractivity contribution >= 4 is 29.3 Å². The standard InChI is InChI=1S/C18H22ClNO5/c1-20(14(17(24)25)9-10-16(22)23)18(11-5-4-8-15(18)21)12-6-2-3-7-13(12)19/h2-3,6-7,14H,4-5,8-11H2,1H3,(H,22,23)(H,24,25)/t14-,18+/m0/s1. The largest absolute Gasteiger partial charge is 0.481 e. The molecule has 6 nitrogen and oxygen atoms in total. The van der Waals surface area contributed by atoms with Crippen LogP contribution in [0.4, 0.5) is 0 Å². The molecule has 0 heterocycles. The van der Waals surface area contributed by atoms with Crippen molar-refractivity contribution in [2.45, 2.75) is 50.1 Å². The number of Topliss-reactive ketones (excluding diaryl/α,β-unsaturated/α-hetero) is 1. The van der Waals surface area contributed by atoms with Gasteiger partial charge in [-0.2, -0.15) is 0 Å². The topological polar surface area (TPSA) is 94.9 Å². The highest BCUT2D eigenvalue weighted by Gasteiger charge is 2.49. The van der Waals surface area contributed by atoms with Crippen LogP contribution in [0.5, 0.6) is 0 Å². The molecule has 1 aliphatic rings. The Bertz CT molecular complexity index is 677. The van der Waals surface area contributed by atoms with E-state index in [1.807, 2.05) is 0 Å². The molecule has 0 radical (unpaired) electrons. The van der Waals surface area contributed by atoms with Crippen molar-refractivity contribution in [3.63, 3.8) is 0 Å². The number of carboxylic acid groups (broad SMARTS) is 2. The van der Waals surface area contributed by atoms with Gasteiger partial charge in [-0.3, -0.25) is 19.3 Å². The van der Waals surface area contributed by atoms with Gasteiger partial charge in [-0.05, 0) is 37.9 Å². The third-order valence-electron chi connectivity index (χ3n) is 4.96. The van der Waals surface area contributed by atoms with E-state index in [1.54, 1.807) is 31.3 Å². The molecule has 1 fully saturated rings. The molecule has 0 spiro atoms. The lowest BCUT2D eigenvalue weighted by molar-refractivity contribution is -0.151. The van der Waals surface area contributed by atoms with E-state index in [4.69, 9.17) is 16.7 Å². The number of hydrogen-bond acceptors (Lipinski definition) is 4. The van der Waals surface area contributed by atoms with E-state index < -0.39 is 23.5 Å². The molecule has 0 aromatic heterocycles. The first-order valence-corrected chi connectivity index (χ1v) is 8.64. The molecule has 0 unspecified atom stereocenters. The van der Waals surface area contributed by atoms with Gasteiger partial charge in [0, 0.05) is 17.9 Å². The van der Waals surface area contributed by atoms with Crippen molar-refractivity contribution in [3.8, 4) is 0 Å². The minimum absolute atomic E-state index is 0.0732. The van der Waals surface area contributed by atoms with Crippen LogP contribution in [0.25, 0.3) is 0 Å². The molecule has 136 valence electrons. The van der Waals surface area contributed by atoms with Crippen LogP contribution in [-0.2, 0) is 19.9 Å². The van der Waals surface area contributed by atoms with Gasteiger partial charge in [0.15, 0.2) is 5.78 Å². The molecule has 1 saturated carbocycles. The second kappa shape index (κ2) is 7.97. The van der Waals surface area contributed by atoms with Crippen molar-refractivity contribution in [2.75, 3.05) is 7.05 Å². The molecule has 7 heteroatoms. The van der Waals surface area contributed by atoms with Crippen LogP contribution in [0.15, 0.2) is 24.3 Å². The number of rotatable bonds is 7. The number of likely N-dealkylation sites (N-methyl/N-ethyl adjacent to an activating group) is 1. The number of benzene rings is 1. The lowest BCUT2D eigenvalue weighted by Crippen LogP contribution is -2.57. The fourth-order valence-corrected chi connectivity index (χ4v) is 3.96. The lowest BCUT2D eigenvalue weighted by Gasteiger charge is -2.46. The minimum Gasteiger partial charge on any atom is -0.481 e. The first-order chi connectivity index (χ1) is 11.8. The Kier molecular flexibility index (Phi) is 6.19. The van der Waals surface area contributed by atoms with Crippen molar-refractivity contribution in [1.82, 2.24) is 4.90 Å². The number of aliphatic carboxylic acids is 2. The molecule has 0 aliphatic heterocycles. The summed E-state index contributed by atoms with van der Waals surface area (Å²) in [6, 6.07) is 5.87. The molecular formula is C18H22ClNO5. The molecule has 0 amide bonds. The van der Waals surface area contributed by atoms with E-state index in [1.165, 1.54) is 4.90 Å². The average Bonchev–Trinajstić information content (AvgIpc) is 2.55. The number of nitrogens with zero attached hydrogens (tertiary/aromatic N) is 1. The number of ketones is 1. The van der Waals surface area contributed by atoms with E-state index in [2.05, 4.69) is 0 Å². The number of carbonyl (C=O) groups is 3. The first kappa shape index (κ1) is 19.4. The van der Waals surface area contributed by atoms with E-state index >= 15 is 0 Å². The zero-order valence-corrected chi connectivity index (χ0v) is 14.8. The Hall–Kier alpha value is -1.92. The zero-order chi connectivity index (χ0) is 18.6. The Morgan fingerprint density at radius 1 is 1.28 bits per heavy atom. The fourth-order valence-electron chi connectivity index (χ4n) is 3.67. The van der Waals surface area contributed by atoms with Crippen LogP contribution >= 0.6 is 11.6 Å². The molecule has 2 rings (SSSR count). The Morgan fingerprint density at radius 3 is 2.52 bits per heavy atom. The number of carboxylic acids is 2. The molecule has 0 bridgehead atoms. The van der Waals surface area contributed by atoms with E-state index in [-0.39, 0.29) is 18.6 Å². The van der Waals surface area contributed by atoms with Crippen LogP contribution in [0.1, 0.15) is 44.1 Å². The summed E-state index contributed by atoms with van der Waals surface area (Å²) in [7, 11) is 1.58. The molecule has 25 heavy (non-hydrogen) atoms. The molecule has 2 N–H and O–H groups in total. The minimum atomic E-state index is -1.14. The third-order valence-corrected chi connectivity index (χ3v) is 5.29. The van der Waals surface area contributed by atoms with Crippen molar-refractivity contribution in [3.05, 3.63) is 34.9 Å². The Morgan fingerprint density at radius 2 is 1.96 bits per heavy atom. The summed E-state index contributed by atoms with van der Waals surface area (Å²) in [6.45, 7) is 0. The third kappa shape index (κ3) is 3.85. The van der Waals surface area contributed by atoms with Crippen LogP contribution in [0.2, 0.25) is 5.02 Å². The first-order valence-electron chi connectivity index (χ1n) is 8.26. The van der Waals surface area contributed by atoms with Gasteiger partial charge in [0.2, 0.25) is 0 Å². The number of carbonyl (C=O) groups excluding carboxylic acids is 1. The second-order valence-corrected chi connectivity index (χ2v) is 6.77. The predicted octanol–water partition coefficient (Wildman–Crippen LogP) is 2.93. The predicted molar refractivity (Wildman–Crippen MR) is 92.7 cm³/mol. The summed E-state index contributed by atoms with van der Waals surface area (Å²) in [5.74, 6) is -2.29. The summed E-state index contributed by atoms with van der Waals surface area (Å²) in [5.41, 5.74) is -0.552. The maximum atomic E-state index is 13.0. The van der Waals surface area contributed by atoms with Crippen LogP contribution in [-0.4, -0.2) is 45.9 Å². The molecule has 0 saturated heterocycles. The van der Waals surface area contributed by atoms with Gasteiger partial charge in [0.05, 0.1) is 0 Å². The summed E-state index contributed by atoms with van der Waals surface area (Å²) in [6.07, 6.45) is 1.97. The Labute approximate surface area is 151 Å². The summed E-state index contributed by atoms with van der Waals surface area (Å²) >= 11 is 6.35. The highest BCUT2D eigenvalue weighted by molar-refractivity contribution is 6.31. The van der Waals surface area contributed by atoms with Crippen molar-refractivity contribution < 1.29 is 24.6 Å².